The molecule has 0 heterocycles. The molecule has 0 radical (unpaired) electrons. The molecular formula is C13H16N4. The number of nitrogen functional groups attached to an aromatic ring is 4. The van der Waals surface area contributed by atoms with E-state index < -0.39 is 0 Å². The van der Waals surface area contributed by atoms with Gasteiger partial charge >= 0.3 is 0 Å². The van der Waals surface area contributed by atoms with Crippen LogP contribution in [0.5, 0.6) is 0 Å². The largest absolute Gasteiger partial charge is 0.399 e. The lowest BCUT2D eigenvalue weighted by molar-refractivity contribution is 1.21. The summed E-state index contributed by atoms with van der Waals surface area (Å²) in [6.45, 7) is 0. The second-order valence-electron chi connectivity index (χ2n) is 4.05. The first-order valence-electron chi connectivity index (χ1n) is 5.34. The molecule has 0 amide bonds. The highest BCUT2D eigenvalue weighted by Crippen LogP contribution is 2.27. The molecule has 2 aromatic carbocycles. The van der Waals surface area contributed by atoms with Gasteiger partial charge in [-0.15, -0.1) is 0 Å². The minimum Gasteiger partial charge on any atom is -0.399 e. The second kappa shape index (κ2) is 4.25. The van der Waals surface area contributed by atoms with Gasteiger partial charge in [0.05, 0.1) is 0 Å². The van der Waals surface area contributed by atoms with E-state index in [9.17, 15) is 0 Å². The van der Waals surface area contributed by atoms with Crippen molar-refractivity contribution >= 4 is 22.7 Å². The molecule has 0 aliphatic carbocycles. The Labute approximate surface area is 100 Å². The summed E-state index contributed by atoms with van der Waals surface area (Å²) < 4.78 is 0. The summed E-state index contributed by atoms with van der Waals surface area (Å²) in [5.41, 5.74) is 27.8. The number of rotatable bonds is 2. The van der Waals surface area contributed by atoms with E-state index >= 15 is 0 Å². The Bertz CT molecular complexity index is 526. The number of anilines is 4. The monoisotopic (exact) mass is 228 g/mol. The first-order valence-corrected chi connectivity index (χ1v) is 5.34. The Balaban J connectivity index is 2.40. The van der Waals surface area contributed by atoms with Gasteiger partial charge in [-0.3, -0.25) is 0 Å². The topological polar surface area (TPSA) is 104 Å². The molecule has 8 N–H and O–H groups in total. The Morgan fingerprint density at radius 2 is 1.35 bits per heavy atom. The Kier molecular flexibility index (Phi) is 2.78. The minimum absolute atomic E-state index is 0.574. The molecule has 0 saturated heterocycles. The molecule has 0 fully saturated rings. The zero-order chi connectivity index (χ0) is 12.4. The van der Waals surface area contributed by atoms with Gasteiger partial charge in [0.2, 0.25) is 0 Å². The molecule has 0 aliphatic rings. The molecular weight excluding hydrogens is 212 g/mol. The van der Waals surface area contributed by atoms with Crippen LogP contribution in [-0.2, 0) is 6.42 Å². The summed E-state index contributed by atoms with van der Waals surface area (Å²) in [6, 6.07) is 11.1. The zero-order valence-corrected chi connectivity index (χ0v) is 9.48. The van der Waals surface area contributed by atoms with E-state index in [1.54, 1.807) is 12.1 Å². The van der Waals surface area contributed by atoms with Crippen molar-refractivity contribution in [1.29, 1.82) is 0 Å². The van der Waals surface area contributed by atoms with E-state index in [-0.39, 0.29) is 0 Å². The van der Waals surface area contributed by atoms with Crippen LogP contribution >= 0.6 is 0 Å². The standard InChI is InChI=1S/C13H16N4/c14-9-6-12(16)10(13(17)7-9)5-8-3-1-2-4-11(8)15/h1-4,6-7H,5,14-17H2. The van der Waals surface area contributed by atoms with E-state index in [0.717, 1.165) is 16.8 Å². The molecule has 0 aromatic heterocycles. The lowest BCUT2D eigenvalue weighted by Gasteiger charge is -2.12. The first-order chi connectivity index (χ1) is 8.08. The van der Waals surface area contributed by atoms with Crippen LogP contribution in [0.1, 0.15) is 11.1 Å². The average Bonchev–Trinajstić information content (AvgIpc) is 2.25. The normalized spacial score (nSPS) is 10.4. The summed E-state index contributed by atoms with van der Waals surface area (Å²) in [5.74, 6) is 0. The Morgan fingerprint density at radius 1 is 0.765 bits per heavy atom. The Hall–Kier alpha value is -2.36. The maximum Gasteiger partial charge on any atom is 0.0391 e. The summed E-state index contributed by atoms with van der Waals surface area (Å²) in [7, 11) is 0. The molecule has 17 heavy (non-hydrogen) atoms. The van der Waals surface area contributed by atoms with Gasteiger partial charge in [0.1, 0.15) is 0 Å². The fourth-order valence-corrected chi connectivity index (χ4v) is 1.83. The van der Waals surface area contributed by atoms with E-state index in [2.05, 4.69) is 0 Å². The molecule has 4 nitrogen and oxygen atoms in total. The summed E-state index contributed by atoms with van der Waals surface area (Å²) in [5, 5.41) is 0. The van der Waals surface area contributed by atoms with Crippen molar-refractivity contribution in [3.8, 4) is 0 Å². The average molecular weight is 228 g/mol. The van der Waals surface area contributed by atoms with Gasteiger partial charge in [-0.25, -0.2) is 0 Å². The molecule has 0 atom stereocenters. The zero-order valence-electron chi connectivity index (χ0n) is 9.48. The van der Waals surface area contributed by atoms with Crippen molar-refractivity contribution in [2.45, 2.75) is 6.42 Å². The fraction of sp³-hybridized carbons (Fsp3) is 0.0769. The molecule has 0 unspecified atom stereocenters. The second-order valence-corrected chi connectivity index (χ2v) is 4.05. The highest BCUT2D eigenvalue weighted by atomic mass is 14.7. The molecule has 0 spiro atoms. The number of nitrogens with two attached hydrogens (primary N) is 4. The van der Waals surface area contributed by atoms with Crippen molar-refractivity contribution in [1.82, 2.24) is 0 Å². The highest BCUT2D eigenvalue weighted by Gasteiger charge is 2.08. The van der Waals surface area contributed by atoms with Crippen LogP contribution in [-0.4, -0.2) is 0 Å². The van der Waals surface area contributed by atoms with Gasteiger partial charge in [-0.05, 0) is 23.8 Å². The van der Waals surface area contributed by atoms with E-state index in [0.29, 0.717) is 23.5 Å². The van der Waals surface area contributed by atoms with Crippen molar-refractivity contribution in [3.05, 3.63) is 47.5 Å². The van der Waals surface area contributed by atoms with Crippen LogP contribution in [0.25, 0.3) is 0 Å². The number of hydrogen-bond acceptors (Lipinski definition) is 4. The first kappa shape index (κ1) is 11.1. The summed E-state index contributed by atoms with van der Waals surface area (Å²) in [4.78, 5) is 0. The minimum atomic E-state index is 0.574. The predicted octanol–water partition coefficient (Wildman–Crippen LogP) is 1.61. The predicted molar refractivity (Wildman–Crippen MR) is 73.3 cm³/mol. The van der Waals surface area contributed by atoms with Crippen molar-refractivity contribution in [2.75, 3.05) is 22.9 Å². The molecule has 2 rings (SSSR count). The van der Waals surface area contributed by atoms with Gasteiger partial charge in [-0.2, -0.15) is 0 Å². The number of benzene rings is 2. The smallest absolute Gasteiger partial charge is 0.0391 e. The quantitative estimate of drug-likeness (QED) is 0.586. The molecule has 0 aliphatic heterocycles. The SMILES string of the molecule is Nc1cc(N)c(Cc2ccccc2N)c(N)c1. The van der Waals surface area contributed by atoms with Crippen LogP contribution in [0.15, 0.2) is 36.4 Å². The third kappa shape index (κ3) is 2.25. The third-order valence-corrected chi connectivity index (χ3v) is 2.76. The molecule has 4 heteroatoms. The van der Waals surface area contributed by atoms with E-state index in [1.807, 2.05) is 24.3 Å². The maximum atomic E-state index is 5.92. The molecule has 88 valence electrons. The lowest BCUT2D eigenvalue weighted by Crippen LogP contribution is -2.04. The summed E-state index contributed by atoms with van der Waals surface area (Å²) in [6.07, 6.45) is 0.616. The van der Waals surface area contributed by atoms with Crippen LogP contribution in [0.3, 0.4) is 0 Å². The lowest BCUT2D eigenvalue weighted by atomic mass is 10.00. The molecule has 0 bridgehead atoms. The number of hydrogen-bond donors (Lipinski definition) is 4. The summed E-state index contributed by atoms with van der Waals surface area (Å²) >= 11 is 0. The van der Waals surface area contributed by atoms with Gasteiger partial charge < -0.3 is 22.9 Å². The van der Waals surface area contributed by atoms with Crippen LogP contribution < -0.4 is 22.9 Å². The molecule has 0 saturated carbocycles. The Morgan fingerprint density at radius 3 is 1.94 bits per heavy atom. The van der Waals surface area contributed by atoms with Crippen molar-refractivity contribution < 1.29 is 0 Å². The fourth-order valence-electron chi connectivity index (χ4n) is 1.83. The third-order valence-electron chi connectivity index (χ3n) is 2.76. The van der Waals surface area contributed by atoms with E-state index in [1.165, 1.54) is 0 Å². The molecule has 2 aromatic rings. The highest BCUT2D eigenvalue weighted by molar-refractivity contribution is 5.70. The van der Waals surface area contributed by atoms with Crippen LogP contribution in [0, 0.1) is 0 Å². The van der Waals surface area contributed by atoms with Crippen molar-refractivity contribution in [3.63, 3.8) is 0 Å². The number of para-hydroxylation sites is 1. The van der Waals surface area contributed by atoms with Crippen LogP contribution in [0.4, 0.5) is 22.7 Å². The van der Waals surface area contributed by atoms with Gasteiger partial charge in [0.15, 0.2) is 0 Å². The van der Waals surface area contributed by atoms with Crippen LogP contribution in [0.2, 0.25) is 0 Å². The maximum absolute atomic E-state index is 5.92. The van der Waals surface area contributed by atoms with Gasteiger partial charge in [0, 0.05) is 34.7 Å². The van der Waals surface area contributed by atoms with Crippen molar-refractivity contribution in [2.24, 2.45) is 0 Å². The van der Waals surface area contributed by atoms with Gasteiger partial charge in [-0.1, -0.05) is 18.2 Å². The van der Waals surface area contributed by atoms with Gasteiger partial charge in [0.25, 0.3) is 0 Å². The van der Waals surface area contributed by atoms with E-state index in [4.69, 9.17) is 22.9 Å².